The van der Waals surface area contributed by atoms with Gasteiger partial charge in [-0.05, 0) is 25.5 Å². The van der Waals surface area contributed by atoms with Crippen LogP contribution in [0.25, 0.3) is 0 Å². The molecule has 1 N–H and O–H groups in total. The smallest absolute Gasteiger partial charge is 0.267 e. The van der Waals surface area contributed by atoms with E-state index in [1.807, 2.05) is 0 Å². The molecule has 0 spiro atoms. The molecule has 2 amide bonds. The molecule has 1 aromatic carbocycles. The number of benzene rings is 1. The Balaban J connectivity index is 1.59. The van der Waals surface area contributed by atoms with E-state index >= 15 is 0 Å². The molecule has 28 heavy (non-hydrogen) atoms. The average molecular weight is 411 g/mol. The number of halogens is 1. The number of rotatable bonds is 6. The van der Waals surface area contributed by atoms with Gasteiger partial charge in [0.25, 0.3) is 5.91 Å². The summed E-state index contributed by atoms with van der Waals surface area (Å²) < 4.78 is 42.2. The molecule has 1 fully saturated rings. The summed E-state index contributed by atoms with van der Waals surface area (Å²) in [5.74, 6) is -1.25. The summed E-state index contributed by atoms with van der Waals surface area (Å²) in [7, 11) is -3.17. The van der Waals surface area contributed by atoms with Crippen LogP contribution in [0.3, 0.4) is 0 Å². The number of nitrogens with zero attached hydrogens (tertiary/aromatic N) is 2. The second-order valence-corrected chi connectivity index (χ2v) is 9.19. The van der Waals surface area contributed by atoms with Crippen LogP contribution in [0.4, 0.5) is 4.39 Å². The summed E-state index contributed by atoms with van der Waals surface area (Å²) in [6.07, 6.45) is 0.601. The molecule has 2 unspecified atom stereocenters. The van der Waals surface area contributed by atoms with E-state index in [9.17, 15) is 22.4 Å². The minimum absolute atomic E-state index is 0.0168. The van der Waals surface area contributed by atoms with Gasteiger partial charge in [-0.2, -0.15) is 5.10 Å². The molecule has 1 saturated heterocycles. The Bertz CT molecular complexity index is 902. The fourth-order valence-electron chi connectivity index (χ4n) is 3.11. The predicted molar refractivity (Wildman–Crippen MR) is 100 cm³/mol. The van der Waals surface area contributed by atoms with E-state index < -0.39 is 33.6 Å². The lowest BCUT2D eigenvalue weighted by molar-refractivity contribution is -0.133. The van der Waals surface area contributed by atoms with Gasteiger partial charge in [-0.1, -0.05) is 12.1 Å². The third-order valence-corrected chi connectivity index (χ3v) is 6.33. The summed E-state index contributed by atoms with van der Waals surface area (Å²) in [5, 5.41) is 7.97. The zero-order valence-electron chi connectivity index (χ0n) is 15.4. The van der Waals surface area contributed by atoms with E-state index in [-0.39, 0.29) is 48.3 Å². The van der Waals surface area contributed by atoms with E-state index in [4.69, 9.17) is 4.74 Å². The van der Waals surface area contributed by atoms with Gasteiger partial charge in [0, 0.05) is 12.8 Å². The van der Waals surface area contributed by atoms with Gasteiger partial charge in [-0.25, -0.2) is 17.8 Å². The van der Waals surface area contributed by atoms with Crippen molar-refractivity contribution >= 4 is 27.4 Å². The standard InChI is InChI=1S/C18H22FN3O5S/c1-12(10-27-16-5-3-2-4-14(16)19)20-18(24)15-6-7-17(23)22(21-15)13-8-9-28(25,26)11-13/h2-5,12-13H,6-11H2,1H3,(H,20,24). The van der Waals surface area contributed by atoms with E-state index in [0.29, 0.717) is 6.42 Å². The van der Waals surface area contributed by atoms with Crippen LogP contribution in [0, 0.1) is 5.82 Å². The average Bonchev–Trinajstić information content (AvgIpc) is 3.01. The highest BCUT2D eigenvalue weighted by Crippen LogP contribution is 2.22. The molecule has 8 nitrogen and oxygen atoms in total. The molecular weight excluding hydrogens is 389 g/mol. The Morgan fingerprint density at radius 3 is 2.82 bits per heavy atom. The zero-order valence-corrected chi connectivity index (χ0v) is 16.2. The summed E-state index contributed by atoms with van der Waals surface area (Å²) in [5.41, 5.74) is 0.168. The second kappa shape index (κ2) is 8.26. The molecule has 2 aliphatic heterocycles. The summed E-state index contributed by atoms with van der Waals surface area (Å²) in [6, 6.07) is 5.03. The van der Waals surface area contributed by atoms with Crippen molar-refractivity contribution in [2.24, 2.45) is 5.10 Å². The normalized spacial score (nSPS) is 22.5. The number of carbonyl (C=O) groups is 2. The molecule has 2 aliphatic rings. The third-order valence-electron chi connectivity index (χ3n) is 4.58. The lowest BCUT2D eigenvalue weighted by Gasteiger charge is -2.28. The largest absolute Gasteiger partial charge is 0.488 e. The van der Waals surface area contributed by atoms with Crippen LogP contribution in [0.1, 0.15) is 26.2 Å². The van der Waals surface area contributed by atoms with Crippen LogP contribution >= 0.6 is 0 Å². The number of hydrazone groups is 1. The van der Waals surface area contributed by atoms with Crippen molar-refractivity contribution in [2.75, 3.05) is 18.1 Å². The maximum absolute atomic E-state index is 13.6. The number of sulfone groups is 1. The summed E-state index contributed by atoms with van der Waals surface area (Å²) >= 11 is 0. The van der Waals surface area contributed by atoms with Crippen molar-refractivity contribution in [3.05, 3.63) is 30.1 Å². The van der Waals surface area contributed by atoms with Gasteiger partial charge >= 0.3 is 0 Å². The fraction of sp³-hybridized carbons (Fsp3) is 0.500. The first-order valence-electron chi connectivity index (χ1n) is 9.03. The molecule has 152 valence electrons. The molecular formula is C18H22FN3O5S. The van der Waals surface area contributed by atoms with Gasteiger partial charge in [-0.15, -0.1) is 0 Å². The van der Waals surface area contributed by atoms with Crippen molar-refractivity contribution in [1.82, 2.24) is 10.3 Å². The highest BCUT2D eigenvalue weighted by molar-refractivity contribution is 7.91. The van der Waals surface area contributed by atoms with Crippen LogP contribution in [0.15, 0.2) is 29.4 Å². The molecule has 10 heteroatoms. The van der Waals surface area contributed by atoms with Gasteiger partial charge in [0.1, 0.15) is 12.3 Å². The Kier molecular flexibility index (Phi) is 5.97. The lowest BCUT2D eigenvalue weighted by Crippen LogP contribution is -2.46. The highest BCUT2D eigenvalue weighted by Gasteiger charge is 2.37. The van der Waals surface area contributed by atoms with Crippen LogP contribution in [-0.4, -0.2) is 61.1 Å². The predicted octanol–water partition coefficient (Wildman–Crippen LogP) is 0.875. The van der Waals surface area contributed by atoms with Crippen LogP contribution < -0.4 is 10.1 Å². The van der Waals surface area contributed by atoms with Gasteiger partial charge in [0.15, 0.2) is 21.4 Å². The Morgan fingerprint density at radius 2 is 2.14 bits per heavy atom. The SMILES string of the molecule is CC(COc1ccccc1F)NC(=O)C1=NN(C2CCS(=O)(=O)C2)C(=O)CC1. The first kappa shape index (κ1) is 20.2. The monoisotopic (exact) mass is 411 g/mol. The van der Waals surface area contributed by atoms with Crippen LogP contribution in [0.2, 0.25) is 0 Å². The first-order chi connectivity index (χ1) is 13.2. The molecule has 2 atom stereocenters. The maximum atomic E-state index is 13.6. The van der Waals surface area contributed by atoms with E-state index in [1.54, 1.807) is 19.1 Å². The molecule has 2 heterocycles. The van der Waals surface area contributed by atoms with Crippen molar-refractivity contribution in [1.29, 1.82) is 0 Å². The van der Waals surface area contributed by atoms with E-state index in [1.165, 1.54) is 12.1 Å². The quantitative estimate of drug-likeness (QED) is 0.748. The minimum atomic E-state index is -3.17. The van der Waals surface area contributed by atoms with Gasteiger partial charge in [-0.3, -0.25) is 9.59 Å². The Hall–Kier alpha value is -2.49. The molecule has 0 aliphatic carbocycles. The number of amides is 2. The van der Waals surface area contributed by atoms with E-state index in [2.05, 4.69) is 10.4 Å². The molecule has 0 radical (unpaired) electrons. The number of hydrogen-bond acceptors (Lipinski definition) is 6. The van der Waals surface area contributed by atoms with Crippen molar-refractivity contribution < 1.29 is 27.1 Å². The summed E-state index contributed by atoms with van der Waals surface area (Å²) in [6.45, 7) is 1.76. The molecule has 0 saturated carbocycles. The molecule has 3 rings (SSSR count). The summed E-state index contributed by atoms with van der Waals surface area (Å²) in [4.78, 5) is 24.6. The Morgan fingerprint density at radius 1 is 1.39 bits per heavy atom. The van der Waals surface area contributed by atoms with Crippen LogP contribution in [-0.2, 0) is 19.4 Å². The van der Waals surface area contributed by atoms with Gasteiger partial charge in [0.2, 0.25) is 5.91 Å². The van der Waals surface area contributed by atoms with Crippen molar-refractivity contribution in [3.8, 4) is 5.75 Å². The van der Waals surface area contributed by atoms with Gasteiger partial charge in [0.05, 0.1) is 23.6 Å². The topological polar surface area (TPSA) is 105 Å². The number of ether oxygens (including phenoxy) is 1. The second-order valence-electron chi connectivity index (χ2n) is 6.96. The molecule has 1 aromatic rings. The maximum Gasteiger partial charge on any atom is 0.267 e. The third kappa shape index (κ3) is 4.86. The number of carbonyl (C=O) groups excluding carboxylic acids is 2. The zero-order chi connectivity index (χ0) is 20.3. The fourth-order valence-corrected chi connectivity index (χ4v) is 4.81. The first-order valence-corrected chi connectivity index (χ1v) is 10.9. The minimum Gasteiger partial charge on any atom is -0.488 e. The van der Waals surface area contributed by atoms with Crippen molar-refractivity contribution in [3.63, 3.8) is 0 Å². The highest BCUT2D eigenvalue weighted by atomic mass is 32.2. The number of para-hydroxylation sites is 1. The lowest BCUT2D eigenvalue weighted by atomic mass is 10.1. The van der Waals surface area contributed by atoms with Gasteiger partial charge < -0.3 is 10.1 Å². The van der Waals surface area contributed by atoms with Crippen molar-refractivity contribution in [2.45, 2.75) is 38.3 Å². The van der Waals surface area contributed by atoms with E-state index in [0.717, 1.165) is 5.01 Å². The molecule has 0 aromatic heterocycles. The number of nitrogens with one attached hydrogen (secondary N) is 1. The molecule has 0 bridgehead atoms. The number of hydrogen-bond donors (Lipinski definition) is 1. The van der Waals surface area contributed by atoms with Crippen LogP contribution in [0.5, 0.6) is 5.75 Å². The Labute approximate surface area is 162 Å².